The zero-order valence-corrected chi connectivity index (χ0v) is 16.0. The van der Waals surface area contributed by atoms with Crippen LogP contribution in [0, 0.1) is 13.8 Å². The van der Waals surface area contributed by atoms with Gasteiger partial charge in [-0.05, 0) is 57.9 Å². The van der Waals surface area contributed by atoms with Crippen molar-refractivity contribution >= 4 is 11.4 Å². The van der Waals surface area contributed by atoms with Crippen molar-refractivity contribution in [1.29, 1.82) is 0 Å². The molecular weight excluding hydrogens is 306 g/mol. The molecule has 1 aromatic rings. The van der Waals surface area contributed by atoms with Crippen molar-refractivity contribution in [3.05, 3.63) is 89.8 Å². The van der Waals surface area contributed by atoms with Crippen molar-refractivity contribution in [1.82, 2.24) is 10.7 Å². The molecule has 0 heterocycles. The summed E-state index contributed by atoms with van der Waals surface area (Å²) >= 11 is 0. The summed E-state index contributed by atoms with van der Waals surface area (Å²) in [6, 6.07) is 6.28. The maximum absolute atomic E-state index is 4.43. The van der Waals surface area contributed by atoms with Crippen LogP contribution in [0.3, 0.4) is 0 Å². The second-order valence-corrected chi connectivity index (χ2v) is 6.17. The van der Waals surface area contributed by atoms with Crippen LogP contribution in [0.25, 0.3) is 5.70 Å². The zero-order valence-electron chi connectivity index (χ0n) is 16.0. The summed E-state index contributed by atoms with van der Waals surface area (Å²) in [4.78, 5) is 0. The average molecular weight is 335 g/mol. The first-order valence-corrected chi connectivity index (χ1v) is 8.25. The van der Waals surface area contributed by atoms with Gasteiger partial charge in [-0.2, -0.15) is 5.10 Å². The molecule has 0 aliphatic heterocycles. The molecular formula is C22H29N3. The van der Waals surface area contributed by atoms with Crippen molar-refractivity contribution in [3.8, 4) is 0 Å². The molecule has 0 aliphatic rings. The third kappa shape index (κ3) is 6.68. The molecule has 0 fully saturated rings. The van der Waals surface area contributed by atoms with E-state index in [4.69, 9.17) is 0 Å². The highest BCUT2D eigenvalue weighted by molar-refractivity contribution is 5.98. The predicted molar refractivity (Wildman–Crippen MR) is 111 cm³/mol. The molecule has 0 amide bonds. The third-order valence-corrected chi connectivity index (χ3v) is 3.75. The molecule has 0 spiro atoms. The Kier molecular flexibility index (Phi) is 7.67. The Hall–Kier alpha value is -2.81. The number of hydrazone groups is 1. The van der Waals surface area contributed by atoms with Gasteiger partial charge >= 0.3 is 0 Å². The standard InChI is InChI=1S/C22H29N3/c1-9-10-18(5)23-19(6)14-16(3)20(7)24-25-21(8)22-12-11-15(2)13-17(22)4/h9-14,23,25H,1,6,8H2,2-5,7H3/b16-14+,18-10+,24-20+. The lowest BCUT2D eigenvalue weighted by Gasteiger charge is -2.11. The van der Waals surface area contributed by atoms with Gasteiger partial charge in [0.15, 0.2) is 0 Å². The highest BCUT2D eigenvalue weighted by atomic mass is 15.3. The molecule has 0 bridgehead atoms. The summed E-state index contributed by atoms with van der Waals surface area (Å²) in [5.41, 5.74) is 11.0. The topological polar surface area (TPSA) is 36.4 Å². The van der Waals surface area contributed by atoms with Gasteiger partial charge in [-0.1, -0.05) is 49.6 Å². The van der Waals surface area contributed by atoms with Crippen LogP contribution in [0.5, 0.6) is 0 Å². The monoisotopic (exact) mass is 335 g/mol. The van der Waals surface area contributed by atoms with Crippen molar-refractivity contribution < 1.29 is 0 Å². The van der Waals surface area contributed by atoms with Crippen LogP contribution in [0.2, 0.25) is 0 Å². The average Bonchev–Trinajstić information content (AvgIpc) is 2.52. The van der Waals surface area contributed by atoms with Gasteiger partial charge < -0.3 is 5.32 Å². The van der Waals surface area contributed by atoms with Crippen molar-refractivity contribution in [2.75, 3.05) is 0 Å². The van der Waals surface area contributed by atoms with E-state index in [1.807, 2.05) is 32.9 Å². The van der Waals surface area contributed by atoms with Gasteiger partial charge in [-0.15, -0.1) is 0 Å². The van der Waals surface area contributed by atoms with E-state index >= 15 is 0 Å². The molecule has 0 saturated carbocycles. The Morgan fingerprint density at radius 3 is 2.40 bits per heavy atom. The van der Waals surface area contributed by atoms with Crippen LogP contribution < -0.4 is 10.7 Å². The van der Waals surface area contributed by atoms with Gasteiger partial charge in [0.25, 0.3) is 0 Å². The van der Waals surface area contributed by atoms with Gasteiger partial charge in [0.1, 0.15) is 0 Å². The van der Waals surface area contributed by atoms with E-state index in [1.54, 1.807) is 6.08 Å². The molecule has 2 N–H and O–H groups in total. The first-order valence-electron chi connectivity index (χ1n) is 8.25. The maximum Gasteiger partial charge on any atom is 0.0606 e. The van der Waals surface area contributed by atoms with E-state index < -0.39 is 0 Å². The highest BCUT2D eigenvalue weighted by Crippen LogP contribution is 2.16. The molecule has 0 aliphatic carbocycles. The summed E-state index contributed by atoms with van der Waals surface area (Å²) in [7, 11) is 0. The van der Waals surface area contributed by atoms with Crippen molar-refractivity contribution in [3.63, 3.8) is 0 Å². The van der Waals surface area contributed by atoms with Gasteiger partial charge in [-0.25, -0.2) is 0 Å². The molecule has 1 rings (SSSR count). The van der Waals surface area contributed by atoms with E-state index in [-0.39, 0.29) is 0 Å². The largest absolute Gasteiger partial charge is 0.360 e. The maximum atomic E-state index is 4.43. The fourth-order valence-corrected chi connectivity index (χ4v) is 2.33. The van der Waals surface area contributed by atoms with Gasteiger partial charge in [0.05, 0.1) is 11.4 Å². The Morgan fingerprint density at radius 1 is 1.12 bits per heavy atom. The second-order valence-electron chi connectivity index (χ2n) is 6.17. The number of rotatable bonds is 8. The minimum absolute atomic E-state index is 0.784. The Morgan fingerprint density at radius 2 is 1.80 bits per heavy atom. The lowest BCUT2D eigenvalue weighted by Crippen LogP contribution is -2.11. The molecule has 0 saturated heterocycles. The molecule has 0 radical (unpaired) electrons. The summed E-state index contributed by atoms with van der Waals surface area (Å²) < 4.78 is 0. The van der Waals surface area contributed by atoms with E-state index in [9.17, 15) is 0 Å². The number of allylic oxidation sites excluding steroid dienone is 5. The number of hydrogen-bond acceptors (Lipinski definition) is 3. The van der Waals surface area contributed by atoms with Crippen LogP contribution in [-0.4, -0.2) is 5.71 Å². The lowest BCUT2D eigenvalue weighted by atomic mass is 10.0. The van der Waals surface area contributed by atoms with Crippen LogP contribution in [0.4, 0.5) is 0 Å². The summed E-state index contributed by atoms with van der Waals surface area (Å²) in [6.07, 6.45) is 5.59. The van der Waals surface area contributed by atoms with E-state index in [1.165, 1.54) is 11.1 Å². The molecule has 0 unspecified atom stereocenters. The minimum atomic E-state index is 0.784. The second kappa shape index (κ2) is 9.48. The smallest absolute Gasteiger partial charge is 0.0606 e. The molecule has 1 aromatic carbocycles. The van der Waals surface area contributed by atoms with E-state index in [2.05, 4.69) is 67.6 Å². The number of benzene rings is 1. The molecule has 3 nitrogen and oxygen atoms in total. The van der Waals surface area contributed by atoms with Gasteiger partial charge in [0, 0.05) is 17.0 Å². The number of hydrogen-bond donors (Lipinski definition) is 2. The van der Waals surface area contributed by atoms with Gasteiger partial charge in [0.2, 0.25) is 0 Å². The van der Waals surface area contributed by atoms with E-state index in [0.29, 0.717) is 0 Å². The Balaban J connectivity index is 2.77. The lowest BCUT2D eigenvalue weighted by molar-refractivity contribution is 0.983. The fraction of sp³-hybridized carbons (Fsp3) is 0.227. The normalized spacial score (nSPS) is 12.6. The number of nitrogens with one attached hydrogen (secondary N) is 2. The van der Waals surface area contributed by atoms with Crippen LogP contribution in [-0.2, 0) is 0 Å². The predicted octanol–water partition coefficient (Wildman–Crippen LogP) is 5.38. The minimum Gasteiger partial charge on any atom is -0.360 e. The summed E-state index contributed by atoms with van der Waals surface area (Å²) in [5.74, 6) is 0. The first-order chi connectivity index (χ1) is 11.7. The Bertz CT molecular complexity index is 761. The van der Waals surface area contributed by atoms with Crippen LogP contribution in [0.15, 0.2) is 78.2 Å². The Labute approximate surface area is 152 Å². The third-order valence-electron chi connectivity index (χ3n) is 3.75. The molecule has 0 atom stereocenters. The number of nitrogens with zero attached hydrogens (tertiary/aromatic N) is 1. The SMILES string of the molecule is C=C/C=C(\C)NC(=C)/C=C(C)/C(C)=N/NC(=C)c1ccc(C)cc1C. The van der Waals surface area contributed by atoms with Crippen LogP contribution >= 0.6 is 0 Å². The highest BCUT2D eigenvalue weighted by Gasteiger charge is 2.03. The zero-order chi connectivity index (χ0) is 19.0. The summed E-state index contributed by atoms with van der Waals surface area (Å²) in [6.45, 7) is 21.8. The quantitative estimate of drug-likeness (QED) is 0.380. The van der Waals surface area contributed by atoms with Crippen molar-refractivity contribution in [2.45, 2.75) is 34.6 Å². The first kappa shape index (κ1) is 20.2. The molecule has 3 heteroatoms. The van der Waals surface area contributed by atoms with Crippen LogP contribution in [0.1, 0.15) is 37.5 Å². The van der Waals surface area contributed by atoms with E-state index in [0.717, 1.165) is 33.9 Å². The molecule has 0 aromatic heterocycles. The summed E-state index contributed by atoms with van der Waals surface area (Å²) in [5, 5.41) is 7.63. The van der Waals surface area contributed by atoms with Gasteiger partial charge in [-0.3, -0.25) is 5.43 Å². The molecule has 25 heavy (non-hydrogen) atoms. The fourth-order valence-electron chi connectivity index (χ4n) is 2.33. The van der Waals surface area contributed by atoms with Crippen molar-refractivity contribution in [2.24, 2.45) is 5.10 Å². The molecule has 132 valence electrons. The number of aryl methyl sites for hydroxylation is 2.